The number of hydrogen-bond acceptors (Lipinski definition) is 3. The van der Waals surface area contributed by atoms with E-state index < -0.39 is 6.04 Å². The molecule has 118 valence electrons. The molecule has 0 aliphatic rings. The van der Waals surface area contributed by atoms with Crippen molar-refractivity contribution in [1.82, 2.24) is 5.32 Å². The standard InChI is InChI=1S/C17H28N2O2/c1-3-17(4-2,10-11-20)13-19-16(21)15(18)12-14-8-6-5-7-9-14/h5-9,15,20H,3-4,10-13,18H2,1-2H3,(H,19,21)/t15-/m0/s1. The highest BCUT2D eigenvalue weighted by atomic mass is 16.3. The van der Waals surface area contributed by atoms with Crippen LogP contribution in [0.3, 0.4) is 0 Å². The molecular formula is C17H28N2O2. The average molecular weight is 292 g/mol. The van der Waals surface area contributed by atoms with E-state index in [2.05, 4.69) is 19.2 Å². The Morgan fingerprint density at radius 2 is 1.90 bits per heavy atom. The number of rotatable bonds is 9. The quantitative estimate of drug-likeness (QED) is 0.650. The third-order valence-electron chi connectivity index (χ3n) is 4.41. The van der Waals surface area contributed by atoms with Gasteiger partial charge >= 0.3 is 0 Å². The maximum atomic E-state index is 12.1. The van der Waals surface area contributed by atoms with Gasteiger partial charge in [0.25, 0.3) is 0 Å². The fraction of sp³-hybridized carbons (Fsp3) is 0.588. The zero-order chi connectivity index (χ0) is 15.7. The summed E-state index contributed by atoms with van der Waals surface area (Å²) in [6, 6.07) is 9.25. The first-order valence-electron chi connectivity index (χ1n) is 7.75. The first kappa shape index (κ1) is 17.7. The van der Waals surface area contributed by atoms with Crippen LogP contribution < -0.4 is 11.1 Å². The first-order chi connectivity index (χ1) is 10.1. The molecule has 0 aliphatic heterocycles. The molecule has 0 unspecified atom stereocenters. The molecule has 4 heteroatoms. The maximum Gasteiger partial charge on any atom is 0.237 e. The molecule has 1 aromatic rings. The molecule has 0 fully saturated rings. The molecule has 4 nitrogen and oxygen atoms in total. The number of nitrogens with one attached hydrogen (secondary N) is 1. The molecule has 0 aliphatic carbocycles. The number of benzene rings is 1. The second kappa shape index (κ2) is 8.80. The van der Waals surface area contributed by atoms with Gasteiger partial charge in [-0.1, -0.05) is 44.2 Å². The maximum absolute atomic E-state index is 12.1. The zero-order valence-corrected chi connectivity index (χ0v) is 13.1. The van der Waals surface area contributed by atoms with Crippen molar-refractivity contribution in [3.8, 4) is 0 Å². The lowest BCUT2D eigenvalue weighted by Crippen LogP contribution is -2.46. The van der Waals surface area contributed by atoms with E-state index in [-0.39, 0.29) is 17.9 Å². The SMILES string of the molecule is CCC(CC)(CCO)CNC(=O)[C@@H](N)Cc1ccccc1. The molecule has 0 radical (unpaired) electrons. The number of carbonyl (C=O) groups is 1. The van der Waals surface area contributed by atoms with Crippen molar-refractivity contribution in [2.45, 2.75) is 45.6 Å². The van der Waals surface area contributed by atoms with Gasteiger partial charge in [-0.05, 0) is 36.7 Å². The summed E-state index contributed by atoms with van der Waals surface area (Å²) in [4.78, 5) is 12.1. The number of hydrogen-bond donors (Lipinski definition) is 3. The Bertz CT molecular complexity index is 416. The lowest BCUT2D eigenvalue weighted by Gasteiger charge is -2.31. The van der Waals surface area contributed by atoms with Crippen LogP contribution >= 0.6 is 0 Å². The number of amides is 1. The van der Waals surface area contributed by atoms with Gasteiger partial charge in [-0.25, -0.2) is 0 Å². The molecule has 1 rings (SSSR count). The fourth-order valence-corrected chi connectivity index (χ4v) is 2.55. The highest BCUT2D eigenvalue weighted by Crippen LogP contribution is 2.29. The predicted molar refractivity (Wildman–Crippen MR) is 85.8 cm³/mol. The van der Waals surface area contributed by atoms with Gasteiger partial charge in [-0.15, -0.1) is 0 Å². The van der Waals surface area contributed by atoms with Gasteiger partial charge in [0.2, 0.25) is 5.91 Å². The van der Waals surface area contributed by atoms with E-state index in [0.717, 1.165) is 18.4 Å². The molecule has 0 heterocycles. The molecular weight excluding hydrogens is 264 g/mol. The summed E-state index contributed by atoms with van der Waals surface area (Å²) in [6.45, 7) is 4.90. The lowest BCUT2D eigenvalue weighted by molar-refractivity contribution is -0.123. The van der Waals surface area contributed by atoms with Crippen molar-refractivity contribution in [3.05, 3.63) is 35.9 Å². The molecule has 1 amide bonds. The first-order valence-corrected chi connectivity index (χ1v) is 7.75. The Labute approximate surface area is 127 Å². The fourth-order valence-electron chi connectivity index (χ4n) is 2.55. The summed E-state index contributed by atoms with van der Waals surface area (Å²) >= 11 is 0. The van der Waals surface area contributed by atoms with Crippen molar-refractivity contribution in [1.29, 1.82) is 0 Å². The summed E-state index contributed by atoms with van der Waals surface area (Å²) in [5.41, 5.74) is 7.01. The van der Waals surface area contributed by atoms with Crippen molar-refractivity contribution in [3.63, 3.8) is 0 Å². The monoisotopic (exact) mass is 292 g/mol. The largest absolute Gasteiger partial charge is 0.396 e. The van der Waals surface area contributed by atoms with Crippen LogP contribution in [0.25, 0.3) is 0 Å². The van der Waals surface area contributed by atoms with Crippen LogP contribution in [0.15, 0.2) is 30.3 Å². The Balaban J connectivity index is 2.52. The molecule has 0 spiro atoms. The number of carbonyl (C=O) groups excluding carboxylic acids is 1. The molecule has 21 heavy (non-hydrogen) atoms. The van der Waals surface area contributed by atoms with Crippen LogP contribution in [0, 0.1) is 5.41 Å². The highest BCUT2D eigenvalue weighted by Gasteiger charge is 2.27. The van der Waals surface area contributed by atoms with Gasteiger partial charge in [-0.2, -0.15) is 0 Å². The molecule has 1 aromatic carbocycles. The molecule has 0 saturated carbocycles. The van der Waals surface area contributed by atoms with Crippen molar-refractivity contribution in [2.24, 2.45) is 11.1 Å². The van der Waals surface area contributed by atoms with Gasteiger partial charge in [0.05, 0.1) is 6.04 Å². The van der Waals surface area contributed by atoms with Gasteiger partial charge in [-0.3, -0.25) is 4.79 Å². The molecule has 0 saturated heterocycles. The van der Waals surface area contributed by atoms with E-state index >= 15 is 0 Å². The Hall–Kier alpha value is -1.39. The van der Waals surface area contributed by atoms with Crippen molar-refractivity contribution >= 4 is 5.91 Å². The van der Waals surface area contributed by atoms with Gasteiger partial charge in [0.1, 0.15) is 0 Å². The Morgan fingerprint density at radius 3 is 2.43 bits per heavy atom. The minimum Gasteiger partial charge on any atom is -0.396 e. The van der Waals surface area contributed by atoms with Gasteiger partial charge in [0.15, 0.2) is 0 Å². The predicted octanol–water partition coefficient (Wildman–Crippen LogP) is 1.86. The van der Waals surface area contributed by atoms with Crippen LogP contribution in [0.5, 0.6) is 0 Å². The molecule has 0 aromatic heterocycles. The van der Waals surface area contributed by atoms with Gasteiger partial charge < -0.3 is 16.2 Å². The topological polar surface area (TPSA) is 75.3 Å². The summed E-state index contributed by atoms with van der Waals surface area (Å²) in [5, 5.41) is 12.2. The second-order valence-corrected chi connectivity index (χ2v) is 5.69. The van der Waals surface area contributed by atoms with E-state index in [1.54, 1.807) is 0 Å². The van der Waals surface area contributed by atoms with Crippen molar-refractivity contribution < 1.29 is 9.90 Å². The summed E-state index contributed by atoms with van der Waals surface area (Å²) < 4.78 is 0. The molecule has 4 N–H and O–H groups in total. The third kappa shape index (κ3) is 5.48. The van der Waals surface area contributed by atoms with E-state index in [4.69, 9.17) is 5.73 Å². The highest BCUT2D eigenvalue weighted by molar-refractivity contribution is 5.81. The minimum atomic E-state index is -0.534. The normalized spacial score (nSPS) is 13.0. The van der Waals surface area contributed by atoms with Crippen LogP contribution in [-0.2, 0) is 11.2 Å². The molecule has 0 bridgehead atoms. The van der Waals surface area contributed by atoms with E-state index in [1.807, 2.05) is 30.3 Å². The molecule has 1 atom stereocenters. The van der Waals surface area contributed by atoms with Crippen LogP contribution in [0.4, 0.5) is 0 Å². The summed E-state index contributed by atoms with van der Waals surface area (Å²) in [6.07, 6.45) is 3.10. The smallest absolute Gasteiger partial charge is 0.237 e. The zero-order valence-electron chi connectivity index (χ0n) is 13.1. The number of aliphatic hydroxyl groups is 1. The third-order valence-corrected chi connectivity index (χ3v) is 4.41. The van der Waals surface area contributed by atoms with Crippen LogP contribution in [0.2, 0.25) is 0 Å². The lowest BCUT2D eigenvalue weighted by atomic mass is 9.79. The van der Waals surface area contributed by atoms with Crippen molar-refractivity contribution in [2.75, 3.05) is 13.2 Å². The minimum absolute atomic E-state index is 0.0309. The van der Waals surface area contributed by atoms with Gasteiger partial charge in [0, 0.05) is 13.2 Å². The summed E-state index contributed by atoms with van der Waals surface area (Å²) in [5.74, 6) is -0.122. The van der Waals surface area contributed by atoms with Crippen LogP contribution in [0.1, 0.15) is 38.7 Å². The Morgan fingerprint density at radius 1 is 1.29 bits per heavy atom. The Kier molecular flexibility index (Phi) is 7.40. The van der Waals surface area contributed by atoms with E-state index in [9.17, 15) is 9.90 Å². The number of aliphatic hydroxyl groups excluding tert-OH is 1. The van der Waals surface area contributed by atoms with Crippen LogP contribution in [-0.4, -0.2) is 30.2 Å². The second-order valence-electron chi connectivity index (χ2n) is 5.69. The number of nitrogens with two attached hydrogens (primary N) is 1. The van der Waals surface area contributed by atoms with E-state index in [0.29, 0.717) is 19.4 Å². The average Bonchev–Trinajstić information content (AvgIpc) is 2.52. The van der Waals surface area contributed by atoms with E-state index in [1.165, 1.54) is 0 Å². The summed E-state index contributed by atoms with van der Waals surface area (Å²) in [7, 11) is 0.